The normalized spacial score (nSPS) is 21.1. The largest absolute Gasteiger partial charge is 0.492 e. The van der Waals surface area contributed by atoms with Crippen LogP contribution in [0.4, 0.5) is 0 Å². The van der Waals surface area contributed by atoms with Crippen molar-refractivity contribution in [1.29, 1.82) is 0 Å². The minimum Gasteiger partial charge on any atom is -0.492 e. The van der Waals surface area contributed by atoms with Crippen molar-refractivity contribution in [2.24, 2.45) is 0 Å². The molecule has 0 aromatic heterocycles. The Morgan fingerprint density at radius 3 is 1.30 bits per heavy atom. The van der Waals surface area contributed by atoms with Crippen LogP contribution in [-0.2, 0) is 29.9 Å². The molecule has 0 fully saturated rings. The molecule has 6 rings (SSSR count). The molecule has 4 aromatic rings. The van der Waals surface area contributed by atoms with E-state index in [0.29, 0.717) is 26.1 Å². The summed E-state index contributed by atoms with van der Waals surface area (Å²) in [5, 5.41) is 0. The molecule has 0 aliphatic carbocycles. The highest BCUT2D eigenvalue weighted by molar-refractivity contribution is 6.29. The molecule has 238 valence electrons. The van der Waals surface area contributed by atoms with E-state index in [4.69, 9.17) is 18.9 Å². The first-order chi connectivity index (χ1) is 22.2. The zero-order chi connectivity index (χ0) is 32.3. The Morgan fingerprint density at radius 2 is 0.935 bits per heavy atom. The molecule has 4 unspecified atom stereocenters. The van der Waals surface area contributed by atoms with Gasteiger partial charge in [0.15, 0.2) is 12.5 Å². The highest BCUT2D eigenvalue weighted by atomic mass is 16.6. The van der Waals surface area contributed by atoms with Crippen molar-refractivity contribution in [3.8, 4) is 11.5 Å². The molecule has 0 saturated heterocycles. The monoisotopic (exact) mass is 620 g/mol. The number of ether oxygens (including phenoxy) is 4. The number of para-hydroxylation sites is 2. The summed E-state index contributed by atoms with van der Waals surface area (Å²) in [7, 11) is 7.31. The number of nitrogens with zero attached hydrogens (tertiary/aromatic N) is 2. The van der Waals surface area contributed by atoms with Gasteiger partial charge in [0.25, 0.3) is 0 Å². The minimum atomic E-state index is -1.04. The van der Waals surface area contributed by atoms with Crippen molar-refractivity contribution in [2.75, 3.05) is 41.4 Å². The topological polar surface area (TPSA) is 77.5 Å². The van der Waals surface area contributed by atoms with E-state index in [9.17, 15) is 9.59 Å². The third kappa shape index (κ3) is 5.86. The lowest BCUT2D eigenvalue weighted by Crippen LogP contribution is -2.45. The summed E-state index contributed by atoms with van der Waals surface area (Å²) >= 11 is 0. The molecule has 2 aliphatic rings. The van der Waals surface area contributed by atoms with Crippen LogP contribution in [0.15, 0.2) is 109 Å². The lowest BCUT2D eigenvalue weighted by atomic mass is 9.73. The zero-order valence-corrected chi connectivity index (χ0v) is 26.7. The van der Waals surface area contributed by atoms with E-state index < -0.39 is 35.2 Å². The summed E-state index contributed by atoms with van der Waals surface area (Å²) in [6.07, 6.45) is -0.720. The van der Waals surface area contributed by atoms with E-state index in [2.05, 4.69) is 24.3 Å². The fourth-order valence-electron chi connectivity index (χ4n) is 6.70. The third-order valence-electron chi connectivity index (χ3n) is 9.26. The number of hydrogen-bond donors (Lipinski definition) is 0. The molecule has 0 radical (unpaired) electrons. The van der Waals surface area contributed by atoms with E-state index in [1.165, 1.54) is 0 Å². The molecule has 4 aromatic carbocycles. The number of hydrogen-bond acceptors (Lipinski definition) is 8. The highest BCUT2D eigenvalue weighted by Crippen LogP contribution is 2.48. The van der Waals surface area contributed by atoms with Gasteiger partial charge in [-0.2, -0.15) is 0 Å². The summed E-state index contributed by atoms with van der Waals surface area (Å²) in [6, 6.07) is 36.0. The van der Waals surface area contributed by atoms with Crippen LogP contribution in [-0.4, -0.2) is 75.6 Å². The van der Waals surface area contributed by atoms with Crippen LogP contribution in [0.25, 0.3) is 0 Å². The average Bonchev–Trinajstić information content (AvgIpc) is 3.65. The third-order valence-corrected chi connectivity index (χ3v) is 9.26. The maximum absolute atomic E-state index is 13.5. The molecule has 0 amide bonds. The van der Waals surface area contributed by atoms with Gasteiger partial charge in [-0.1, -0.05) is 97.1 Å². The molecule has 2 aliphatic heterocycles. The number of carbonyl (C=O) groups excluding carboxylic acids is 2. The molecule has 0 spiro atoms. The second-order valence-corrected chi connectivity index (χ2v) is 12.5. The zero-order valence-electron chi connectivity index (χ0n) is 26.7. The van der Waals surface area contributed by atoms with E-state index >= 15 is 0 Å². The van der Waals surface area contributed by atoms with Crippen molar-refractivity contribution in [3.05, 3.63) is 131 Å². The van der Waals surface area contributed by atoms with Crippen LogP contribution in [0, 0.1) is 0 Å². The molecule has 8 nitrogen and oxygen atoms in total. The molecule has 0 N–H and O–H groups in total. The lowest BCUT2D eigenvalue weighted by molar-refractivity contribution is -0.184. The van der Waals surface area contributed by atoms with Gasteiger partial charge in [0.2, 0.25) is 0 Å². The fraction of sp³-hybridized carbons (Fsp3) is 0.316. The number of fused-ring (bicyclic) bond motifs is 2. The van der Waals surface area contributed by atoms with Gasteiger partial charge in [0.05, 0.1) is 10.8 Å². The first kappa shape index (κ1) is 31.3. The fourth-order valence-corrected chi connectivity index (χ4v) is 6.70. The van der Waals surface area contributed by atoms with Crippen molar-refractivity contribution < 1.29 is 28.5 Å². The van der Waals surface area contributed by atoms with Crippen molar-refractivity contribution >= 4 is 11.9 Å². The van der Waals surface area contributed by atoms with Gasteiger partial charge < -0.3 is 18.9 Å². The smallest absolute Gasteiger partial charge is 0.419 e. The maximum Gasteiger partial charge on any atom is 0.419 e. The first-order valence-electron chi connectivity index (χ1n) is 15.5. The van der Waals surface area contributed by atoms with Crippen LogP contribution in [0.1, 0.15) is 35.1 Å². The Labute approximate surface area is 270 Å². The Kier molecular flexibility index (Phi) is 8.84. The second kappa shape index (κ2) is 13.0. The molecule has 8 heteroatoms. The van der Waals surface area contributed by atoms with Crippen LogP contribution < -0.4 is 9.47 Å². The Balaban J connectivity index is 1.23. The summed E-state index contributed by atoms with van der Waals surface area (Å²) in [5.41, 5.74) is 2.96. The molecule has 0 saturated carbocycles. The maximum atomic E-state index is 13.5. The number of rotatable bonds is 10. The van der Waals surface area contributed by atoms with Gasteiger partial charge in [-0.05, 0) is 51.5 Å². The van der Waals surface area contributed by atoms with Gasteiger partial charge >= 0.3 is 11.9 Å². The standard InChI is InChI=1S/C38H40N2O6/c1-39(2)33(23-37(27-15-7-5-8-16-27)25-43-31-21-13-11-19-29(31)37)45-35(41)36(42)46-34(40(3)4)24-38(28-17-9-6-10-18-28)26-44-32-22-14-12-20-30(32)38/h5-22,33-34H,23-26H2,1-4H3. The van der Waals surface area contributed by atoms with Crippen LogP contribution in [0.5, 0.6) is 11.5 Å². The van der Waals surface area contributed by atoms with Crippen LogP contribution in [0.3, 0.4) is 0 Å². The predicted molar refractivity (Wildman–Crippen MR) is 175 cm³/mol. The molecule has 4 atom stereocenters. The molecule has 46 heavy (non-hydrogen) atoms. The van der Waals surface area contributed by atoms with Gasteiger partial charge in [-0.3, -0.25) is 9.80 Å². The van der Waals surface area contributed by atoms with E-state index in [0.717, 1.165) is 33.8 Å². The Hall–Kier alpha value is -4.66. The SMILES string of the molecule is CN(C)C(CC1(c2ccccc2)COc2ccccc21)OC(=O)C(=O)OC(CC1(c2ccccc2)COc2ccccc21)N(C)C. The summed E-state index contributed by atoms with van der Waals surface area (Å²) in [6.45, 7) is 0.771. The quantitative estimate of drug-likeness (QED) is 0.133. The molecular formula is C38H40N2O6. The minimum absolute atomic E-state index is 0.377. The average molecular weight is 621 g/mol. The lowest BCUT2D eigenvalue weighted by Gasteiger charge is -2.36. The van der Waals surface area contributed by atoms with E-state index in [-0.39, 0.29) is 0 Å². The first-order valence-corrected chi connectivity index (χ1v) is 15.5. The second-order valence-electron chi connectivity index (χ2n) is 12.5. The predicted octanol–water partition coefficient (Wildman–Crippen LogP) is 5.39. The van der Waals surface area contributed by atoms with Gasteiger partial charge in [0, 0.05) is 24.0 Å². The Bertz CT molecular complexity index is 1550. The van der Waals surface area contributed by atoms with Crippen molar-refractivity contribution in [1.82, 2.24) is 9.80 Å². The molecule has 2 heterocycles. The van der Waals surface area contributed by atoms with Crippen LogP contribution in [0.2, 0.25) is 0 Å². The number of benzene rings is 4. The molecule has 0 bridgehead atoms. The van der Waals surface area contributed by atoms with Crippen molar-refractivity contribution in [2.45, 2.75) is 36.1 Å². The molecular weight excluding hydrogens is 580 g/mol. The number of carbonyl (C=O) groups is 2. The highest BCUT2D eigenvalue weighted by Gasteiger charge is 2.47. The van der Waals surface area contributed by atoms with Crippen LogP contribution >= 0.6 is 0 Å². The summed E-state index contributed by atoms with van der Waals surface area (Å²) in [4.78, 5) is 30.5. The summed E-state index contributed by atoms with van der Waals surface area (Å²) in [5.74, 6) is -0.489. The van der Waals surface area contributed by atoms with E-state index in [1.807, 2.05) is 113 Å². The van der Waals surface area contributed by atoms with Gasteiger partial charge in [-0.15, -0.1) is 0 Å². The van der Waals surface area contributed by atoms with Gasteiger partial charge in [-0.25, -0.2) is 9.59 Å². The van der Waals surface area contributed by atoms with E-state index in [1.54, 1.807) is 9.80 Å². The summed E-state index contributed by atoms with van der Waals surface area (Å²) < 4.78 is 24.2. The van der Waals surface area contributed by atoms with Gasteiger partial charge in [0.1, 0.15) is 24.7 Å². The van der Waals surface area contributed by atoms with Crippen molar-refractivity contribution in [3.63, 3.8) is 0 Å². The Morgan fingerprint density at radius 1 is 0.587 bits per heavy atom. The number of esters is 2.